The summed E-state index contributed by atoms with van der Waals surface area (Å²) < 4.78 is 11.0. The van der Waals surface area contributed by atoms with E-state index in [1.54, 1.807) is 13.3 Å². The molecule has 2 heterocycles. The second kappa shape index (κ2) is 6.88. The molecule has 1 atom stereocenters. The van der Waals surface area contributed by atoms with Crippen LogP contribution in [0.2, 0.25) is 0 Å². The predicted octanol–water partition coefficient (Wildman–Crippen LogP) is 2.03. The van der Waals surface area contributed by atoms with E-state index in [4.69, 9.17) is 9.47 Å². The van der Waals surface area contributed by atoms with E-state index in [1.807, 2.05) is 11.8 Å². The first-order valence-electron chi connectivity index (χ1n) is 6.63. The van der Waals surface area contributed by atoms with Crippen LogP contribution < -0.4 is 9.64 Å². The van der Waals surface area contributed by atoms with Crippen molar-refractivity contribution in [3.8, 4) is 5.88 Å². The van der Waals surface area contributed by atoms with Crippen LogP contribution in [0.25, 0.3) is 0 Å². The Balaban J connectivity index is 2.10. The lowest BCUT2D eigenvalue weighted by Gasteiger charge is -2.31. The maximum atomic E-state index is 11.8. The number of ether oxygens (including phenoxy) is 2. The molecule has 7 heteroatoms. The van der Waals surface area contributed by atoms with Crippen molar-refractivity contribution in [1.29, 1.82) is 0 Å². The zero-order valence-corrected chi connectivity index (χ0v) is 13.2. The quantitative estimate of drug-likeness (QED) is 0.779. The molecule has 0 bridgehead atoms. The van der Waals surface area contributed by atoms with Gasteiger partial charge in [0.05, 0.1) is 30.3 Å². The van der Waals surface area contributed by atoms with Gasteiger partial charge < -0.3 is 14.4 Å². The number of aromatic nitrogens is 2. The highest BCUT2D eigenvalue weighted by Crippen LogP contribution is 2.26. The predicted molar refractivity (Wildman–Crippen MR) is 77.9 cm³/mol. The van der Waals surface area contributed by atoms with Gasteiger partial charge >= 0.3 is 5.97 Å². The molecule has 2 rings (SSSR count). The van der Waals surface area contributed by atoms with Crippen molar-refractivity contribution in [2.75, 3.05) is 31.7 Å². The number of carbonyl (C=O) groups is 1. The van der Waals surface area contributed by atoms with Crippen LogP contribution in [-0.4, -0.2) is 42.7 Å². The van der Waals surface area contributed by atoms with Gasteiger partial charge in [-0.2, -0.15) is 4.98 Å². The first kappa shape index (κ1) is 15.0. The summed E-state index contributed by atoms with van der Waals surface area (Å²) in [5, 5.41) is 0. The van der Waals surface area contributed by atoms with Gasteiger partial charge in [0.15, 0.2) is 0 Å². The first-order chi connectivity index (χ1) is 9.65. The van der Waals surface area contributed by atoms with Crippen molar-refractivity contribution >= 4 is 27.8 Å². The molecule has 0 aliphatic carbocycles. The van der Waals surface area contributed by atoms with Gasteiger partial charge in [-0.3, -0.25) is 4.79 Å². The summed E-state index contributed by atoms with van der Waals surface area (Å²) in [6.07, 6.45) is 3.43. The lowest BCUT2D eigenvalue weighted by Crippen LogP contribution is -2.40. The molecule has 1 saturated heterocycles. The van der Waals surface area contributed by atoms with E-state index >= 15 is 0 Å². The molecule has 0 radical (unpaired) electrons. The van der Waals surface area contributed by atoms with Crippen LogP contribution in [0.3, 0.4) is 0 Å². The number of hydrogen-bond acceptors (Lipinski definition) is 6. The Kier molecular flexibility index (Phi) is 5.17. The summed E-state index contributed by atoms with van der Waals surface area (Å²) >= 11 is 3.33. The molecule has 20 heavy (non-hydrogen) atoms. The van der Waals surface area contributed by atoms with Crippen LogP contribution in [-0.2, 0) is 9.53 Å². The maximum absolute atomic E-state index is 11.8. The van der Waals surface area contributed by atoms with Crippen molar-refractivity contribution in [3.05, 3.63) is 10.7 Å². The fraction of sp³-hybridized carbons (Fsp3) is 0.615. The van der Waals surface area contributed by atoms with Gasteiger partial charge in [-0.25, -0.2) is 4.98 Å². The van der Waals surface area contributed by atoms with Crippen molar-refractivity contribution in [1.82, 2.24) is 9.97 Å². The van der Waals surface area contributed by atoms with Crippen LogP contribution in [0.1, 0.15) is 19.8 Å². The number of carbonyl (C=O) groups excluding carboxylic acids is 1. The molecule has 6 nitrogen and oxygen atoms in total. The van der Waals surface area contributed by atoms with Crippen LogP contribution in [0.15, 0.2) is 10.7 Å². The molecule has 110 valence electrons. The van der Waals surface area contributed by atoms with Crippen molar-refractivity contribution < 1.29 is 14.3 Å². The van der Waals surface area contributed by atoms with E-state index < -0.39 is 0 Å². The van der Waals surface area contributed by atoms with E-state index in [2.05, 4.69) is 25.9 Å². The van der Waals surface area contributed by atoms with Crippen LogP contribution >= 0.6 is 15.9 Å². The van der Waals surface area contributed by atoms with Crippen LogP contribution in [0.4, 0.5) is 5.95 Å². The third-order valence-corrected chi connectivity index (χ3v) is 3.76. The summed E-state index contributed by atoms with van der Waals surface area (Å²) in [7, 11) is 1.56. The van der Waals surface area contributed by atoms with E-state index in [0.29, 0.717) is 29.5 Å². The Hall–Kier alpha value is -1.37. The standard InChI is InChI=1S/C13H18BrN3O3/c1-3-20-12(18)9-5-4-6-17(8-9)13-15-7-10(14)11(16-13)19-2/h7,9H,3-6,8H2,1-2H3. The number of rotatable bonds is 4. The van der Waals surface area contributed by atoms with Gasteiger partial charge in [-0.15, -0.1) is 0 Å². The number of halogens is 1. The average molecular weight is 344 g/mol. The normalized spacial score (nSPS) is 18.8. The number of hydrogen-bond donors (Lipinski definition) is 0. The lowest BCUT2D eigenvalue weighted by atomic mass is 9.98. The Morgan fingerprint density at radius 2 is 2.40 bits per heavy atom. The van der Waals surface area contributed by atoms with Crippen molar-refractivity contribution in [2.45, 2.75) is 19.8 Å². The average Bonchev–Trinajstić information content (AvgIpc) is 2.48. The second-order valence-corrected chi connectivity index (χ2v) is 5.42. The van der Waals surface area contributed by atoms with E-state index in [0.717, 1.165) is 19.4 Å². The molecule has 0 amide bonds. The Labute approximate surface area is 126 Å². The first-order valence-corrected chi connectivity index (χ1v) is 7.43. The Morgan fingerprint density at radius 1 is 1.60 bits per heavy atom. The summed E-state index contributed by atoms with van der Waals surface area (Å²) in [5.41, 5.74) is 0. The molecule has 1 aliphatic rings. The number of anilines is 1. The minimum Gasteiger partial charge on any atom is -0.480 e. The highest BCUT2D eigenvalue weighted by atomic mass is 79.9. The zero-order valence-electron chi connectivity index (χ0n) is 11.6. The highest BCUT2D eigenvalue weighted by Gasteiger charge is 2.28. The van der Waals surface area contributed by atoms with E-state index in [-0.39, 0.29) is 11.9 Å². The lowest BCUT2D eigenvalue weighted by molar-refractivity contribution is -0.148. The third-order valence-electron chi connectivity index (χ3n) is 3.22. The van der Waals surface area contributed by atoms with Gasteiger partial charge in [-0.1, -0.05) is 0 Å². The molecule has 0 spiro atoms. The second-order valence-electron chi connectivity index (χ2n) is 4.56. The summed E-state index contributed by atoms with van der Waals surface area (Å²) in [6.45, 7) is 3.66. The molecule has 1 unspecified atom stereocenters. The fourth-order valence-corrected chi connectivity index (χ4v) is 2.60. The zero-order chi connectivity index (χ0) is 14.5. The Morgan fingerprint density at radius 3 is 3.10 bits per heavy atom. The topological polar surface area (TPSA) is 64.5 Å². The Bertz CT molecular complexity index is 484. The van der Waals surface area contributed by atoms with Crippen molar-refractivity contribution in [2.24, 2.45) is 5.92 Å². The maximum Gasteiger partial charge on any atom is 0.310 e. The molecule has 1 aliphatic heterocycles. The largest absolute Gasteiger partial charge is 0.480 e. The molecular weight excluding hydrogens is 326 g/mol. The van der Waals surface area contributed by atoms with Gasteiger partial charge in [0, 0.05) is 13.1 Å². The monoisotopic (exact) mass is 343 g/mol. The van der Waals surface area contributed by atoms with Gasteiger partial charge in [0.1, 0.15) is 0 Å². The van der Waals surface area contributed by atoms with Gasteiger partial charge in [0.2, 0.25) is 11.8 Å². The number of methoxy groups -OCH3 is 1. The number of nitrogens with zero attached hydrogens (tertiary/aromatic N) is 3. The minimum absolute atomic E-state index is 0.109. The molecule has 1 fully saturated rings. The smallest absolute Gasteiger partial charge is 0.310 e. The molecule has 0 N–H and O–H groups in total. The molecular formula is C13H18BrN3O3. The molecule has 0 aromatic carbocycles. The number of esters is 1. The van der Waals surface area contributed by atoms with Crippen molar-refractivity contribution in [3.63, 3.8) is 0 Å². The third kappa shape index (κ3) is 3.39. The summed E-state index contributed by atoms with van der Waals surface area (Å²) in [4.78, 5) is 22.5. The molecule has 1 aromatic heterocycles. The summed E-state index contributed by atoms with van der Waals surface area (Å²) in [5.74, 6) is 0.829. The molecule has 0 saturated carbocycles. The van der Waals surface area contributed by atoms with Gasteiger partial charge in [-0.05, 0) is 35.7 Å². The van der Waals surface area contributed by atoms with E-state index in [1.165, 1.54) is 0 Å². The fourth-order valence-electron chi connectivity index (χ4n) is 2.25. The molecule has 1 aromatic rings. The minimum atomic E-state index is -0.138. The summed E-state index contributed by atoms with van der Waals surface area (Å²) in [6, 6.07) is 0. The van der Waals surface area contributed by atoms with E-state index in [9.17, 15) is 4.79 Å². The SMILES string of the molecule is CCOC(=O)C1CCCN(c2ncc(Br)c(OC)n2)C1. The van der Waals surface area contributed by atoms with Crippen LogP contribution in [0, 0.1) is 5.92 Å². The number of piperidine rings is 1. The van der Waals surface area contributed by atoms with Crippen LogP contribution in [0.5, 0.6) is 5.88 Å². The van der Waals surface area contributed by atoms with Gasteiger partial charge in [0.25, 0.3) is 0 Å². The highest BCUT2D eigenvalue weighted by molar-refractivity contribution is 9.10.